The maximum Gasteiger partial charge on any atom is 0.169 e. The van der Waals surface area contributed by atoms with E-state index in [0.717, 1.165) is 0 Å². The van der Waals surface area contributed by atoms with E-state index in [0.29, 0.717) is 5.69 Å². The lowest BCUT2D eigenvalue weighted by Gasteiger charge is -2.19. The third-order valence-corrected chi connectivity index (χ3v) is 3.73. The van der Waals surface area contributed by atoms with Crippen molar-refractivity contribution in [1.82, 2.24) is 15.0 Å². The van der Waals surface area contributed by atoms with E-state index in [4.69, 9.17) is 0 Å². The van der Waals surface area contributed by atoms with Crippen molar-refractivity contribution in [3.05, 3.63) is 78.1 Å². The molecule has 3 aromatic rings. The molecule has 0 radical (unpaired) electrons. The van der Waals surface area contributed by atoms with E-state index in [1.54, 1.807) is 7.05 Å². The zero-order chi connectivity index (χ0) is 17.8. The number of ketones is 1. The molecular formula is C18H14F2N4O. The van der Waals surface area contributed by atoms with E-state index in [2.05, 4.69) is 15.0 Å². The highest BCUT2D eigenvalue weighted by Crippen LogP contribution is 2.26. The minimum absolute atomic E-state index is 0.0585. The summed E-state index contributed by atoms with van der Waals surface area (Å²) in [6, 6.07) is 6.70. The molecule has 1 aromatic carbocycles. The highest BCUT2D eigenvalue weighted by Gasteiger charge is 2.16. The van der Waals surface area contributed by atoms with Gasteiger partial charge < -0.3 is 4.90 Å². The van der Waals surface area contributed by atoms with Crippen LogP contribution < -0.4 is 4.90 Å². The lowest BCUT2D eigenvalue weighted by Crippen LogP contribution is -2.14. The van der Waals surface area contributed by atoms with E-state index in [-0.39, 0.29) is 29.1 Å². The molecule has 0 spiro atoms. The van der Waals surface area contributed by atoms with Crippen LogP contribution in [0, 0.1) is 11.6 Å². The third-order valence-electron chi connectivity index (χ3n) is 3.73. The summed E-state index contributed by atoms with van der Waals surface area (Å²) in [6.45, 7) is 0. The fraction of sp³-hybridized carbons (Fsp3) is 0.111. The Bertz CT molecular complexity index is 903. The van der Waals surface area contributed by atoms with E-state index in [1.165, 1.54) is 60.1 Å². The first kappa shape index (κ1) is 16.6. The number of halogens is 2. The second-order valence-corrected chi connectivity index (χ2v) is 5.35. The fourth-order valence-electron chi connectivity index (χ4n) is 2.35. The molecule has 2 aromatic heterocycles. The van der Waals surface area contributed by atoms with Crippen LogP contribution in [-0.2, 0) is 6.42 Å². The van der Waals surface area contributed by atoms with Gasteiger partial charge in [0.05, 0.1) is 35.9 Å². The molecule has 0 unspecified atom stereocenters. The van der Waals surface area contributed by atoms with Crippen molar-refractivity contribution in [3.63, 3.8) is 0 Å². The topological polar surface area (TPSA) is 59.0 Å². The van der Waals surface area contributed by atoms with Gasteiger partial charge in [0.2, 0.25) is 0 Å². The Morgan fingerprint density at radius 3 is 2.60 bits per heavy atom. The monoisotopic (exact) mass is 340 g/mol. The summed E-state index contributed by atoms with van der Waals surface area (Å²) >= 11 is 0. The fourth-order valence-corrected chi connectivity index (χ4v) is 2.35. The number of pyridine rings is 1. The van der Waals surface area contributed by atoms with Gasteiger partial charge >= 0.3 is 0 Å². The molecule has 0 N–H and O–H groups in total. The molecule has 0 aliphatic carbocycles. The predicted octanol–water partition coefficient (Wildman–Crippen LogP) is 3.34. The SMILES string of the molecule is CN(c1cncnc1)c1cc(C(=O)Cc2ncccc2F)ccc1F. The van der Waals surface area contributed by atoms with Gasteiger partial charge in [0.1, 0.15) is 18.0 Å². The lowest BCUT2D eigenvalue weighted by molar-refractivity contribution is 0.0990. The van der Waals surface area contributed by atoms with Crippen molar-refractivity contribution in [3.8, 4) is 0 Å². The molecule has 0 amide bonds. The average molecular weight is 340 g/mol. The number of carbonyl (C=O) groups is 1. The largest absolute Gasteiger partial charge is 0.340 e. The normalized spacial score (nSPS) is 10.5. The summed E-state index contributed by atoms with van der Waals surface area (Å²) in [6.07, 6.45) is 5.66. The van der Waals surface area contributed by atoms with Gasteiger partial charge in [-0.2, -0.15) is 0 Å². The molecule has 3 rings (SSSR count). The Balaban J connectivity index is 1.89. The van der Waals surface area contributed by atoms with Crippen LogP contribution in [0.3, 0.4) is 0 Å². The van der Waals surface area contributed by atoms with E-state index in [9.17, 15) is 13.6 Å². The van der Waals surface area contributed by atoms with Crippen molar-refractivity contribution in [2.75, 3.05) is 11.9 Å². The number of Topliss-reactive ketones (excluding diaryl/α,β-unsaturated/α-hetero) is 1. The van der Waals surface area contributed by atoms with Crippen LogP contribution in [0.15, 0.2) is 55.2 Å². The molecule has 0 saturated carbocycles. The maximum atomic E-state index is 14.2. The molecule has 7 heteroatoms. The smallest absolute Gasteiger partial charge is 0.169 e. The van der Waals surface area contributed by atoms with E-state index < -0.39 is 11.6 Å². The molecule has 5 nitrogen and oxygen atoms in total. The molecule has 0 saturated heterocycles. The molecule has 0 bridgehead atoms. The third kappa shape index (κ3) is 3.65. The van der Waals surface area contributed by atoms with Crippen LogP contribution in [0.5, 0.6) is 0 Å². The molecule has 25 heavy (non-hydrogen) atoms. The summed E-state index contributed by atoms with van der Waals surface area (Å²) in [5.41, 5.74) is 1.09. The summed E-state index contributed by atoms with van der Waals surface area (Å²) in [5.74, 6) is -1.39. The minimum atomic E-state index is -0.545. The average Bonchev–Trinajstić information content (AvgIpc) is 2.64. The van der Waals surface area contributed by atoms with Gasteiger partial charge in [-0.05, 0) is 30.3 Å². The molecular weight excluding hydrogens is 326 g/mol. The Hall–Kier alpha value is -3.22. The summed E-state index contributed by atoms with van der Waals surface area (Å²) in [4.78, 5) is 25.6. The van der Waals surface area contributed by atoms with E-state index >= 15 is 0 Å². The van der Waals surface area contributed by atoms with Crippen LogP contribution in [0.2, 0.25) is 0 Å². The van der Waals surface area contributed by atoms with Gasteiger partial charge in [0.15, 0.2) is 5.78 Å². The molecule has 126 valence electrons. The van der Waals surface area contributed by atoms with E-state index in [1.807, 2.05) is 0 Å². The maximum absolute atomic E-state index is 14.2. The number of aromatic nitrogens is 3. The quantitative estimate of drug-likeness (QED) is 0.667. The number of nitrogens with zero attached hydrogens (tertiary/aromatic N) is 4. The number of benzene rings is 1. The Labute approximate surface area is 143 Å². The molecule has 0 atom stereocenters. The van der Waals surface area contributed by atoms with Gasteiger partial charge in [-0.3, -0.25) is 9.78 Å². The van der Waals surface area contributed by atoms with Crippen LogP contribution in [-0.4, -0.2) is 27.8 Å². The Morgan fingerprint density at radius 2 is 1.88 bits per heavy atom. The van der Waals surface area contributed by atoms with Crippen molar-refractivity contribution in [2.45, 2.75) is 6.42 Å². The van der Waals surface area contributed by atoms with Gasteiger partial charge in [0.25, 0.3) is 0 Å². The minimum Gasteiger partial charge on any atom is -0.340 e. The van der Waals surface area contributed by atoms with Crippen molar-refractivity contribution in [2.24, 2.45) is 0 Å². The predicted molar refractivity (Wildman–Crippen MR) is 88.7 cm³/mol. The zero-order valence-corrected chi connectivity index (χ0v) is 13.4. The number of rotatable bonds is 5. The van der Waals surface area contributed by atoms with Gasteiger partial charge in [-0.25, -0.2) is 18.7 Å². The standard InChI is InChI=1S/C18H14F2N4O/c1-24(13-9-21-11-22-10-13)17-7-12(4-5-15(17)20)18(25)8-16-14(19)3-2-6-23-16/h2-7,9-11H,8H2,1H3. The van der Waals surface area contributed by atoms with Gasteiger partial charge in [-0.1, -0.05) is 0 Å². The number of carbonyl (C=O) groups excluding carboxylic acids is 1. The number of hydrogen-bond acceptors (Lipinski definition) is 5. The van der Waals surface area contributed by atoms with Crippen LogP contribution >= 0.6 is 0 Å². The first-order chi connectivity index (χ1) is 12.1. The number of hydrogen-bond donors (Lipinski definition) is 0. The summed E-state index contributed by atoms with van der Waals surface area (Å²) in [5, 5.41) is 0. The molecule has 2 heterocycles. The Morgan fingerprint density at radius 1 is 1.12 bits per heavy atom. The Kier molecular flexibility index (Phi) is 4.74. The molecule has 0 aliphatic rings. The van der Waals surface area contributed by atoms with Crippen LogP contribution in [0.4, 0.5) is 20.2 Å². The van der Waals surface area contributed by atoms with Crippen molar-refractivity contribution in [1.29, 1.82) is 0 Å². The molecule has 0 aliphatic heterocycles. The van der Waals surface area contributed by atoms with Crippen molar-refractivity contribution >= 4 is 17.2 Å². The van der Waals surface area contributed by atoms with Crippen molar-refractivity contribution < 1.29 is 13.6 Å². The van der Waals surface area contributed by atoms with Crippen LogP contribution in [0.1, 0.15) is 16.1 Å². The first-order valence-corrected chi connectivity index (χ1v) is 7.47. The first-order valence-electron chi connectivity index (χ1n) is 7.47. The summed E-state index contributed by atoms with van der Waals surface area (Å²) < 4.78 is 27.9. The zero-order valence-electron chi connectivity index (χ0n) is 13.4. The van der Waals surface area contributed by atoms with Crippen LogP contribution in [0.25, 0.3) is 0 Å². The lowest BCUT2D eigenvalue weighted by atomic mass is 10.0. The molecule has 0 fully saturated rings. The second-order valence-electron chi connectivity index (χ2n) is 5.35. The number of anilines is 2. The highest BCUT2D eigenvalue weighted by molar-refractivity contribution is 5.98. The second kappa shape index (κ2) is 7.12. The summed E-state index contributed by atoms with van der Waals surface area (Å²) in [7, 11) is 1.64. The highest BCUT2D eigenvalue weighted by atomic mass is 19.1. The van der Waals surface area contributed by atoms with Gasteiger partial charge in [-0.15, -0.1) is 0 Å². The van der Waals surface area contributed by atoms with Gasteiger partial charge in [0, 0.05) is 18.8 Å².